The summed E-state index contributed by atoms with van der Waals surface area (Å²) < 4.78 is 7.58. The molecule has 0 saturated heterocycles. The van der Waals surface area contributed by atoms with Crippen LogP contribution in [-0.4, -0.2) is 65.1 Å². The van der Waals surface area contributed by atoms with Crippen molar-refractivity contribution in [3.8, 4) is 45.4 Å². The van der Waals surface area contributed by atoms with Crippen LogP contribution in [0.2, 0.25) is 0 Å². The van der Waals surface area contributed by atoms with Crippen molar-refractivity contribution in [3.05, 3.63) is 77.6 Å². The predicted molar refractivity (Wildman–Crippen MR) is 160 cm³/mol. The number of aryl methyl sites for hydroxylation is 3. The largest absolute Gasteiger partial charge is 0.508 e. The molecule has 1 aliphatic carbocycles. The molecule has 0 fully saturated rings. The number of benzene rings is 3. The number of phenols is 1. The van der Waals surface area contributed by atoms with Gasteiger partial charge in [-0.2, -0.15) is 0 Å². The van der Waals surface area contributed by atoms with E-state index in [4.69, 9.17) is 4.74 Å². The number of nitrogens with zero attached hydrogens (tertiary/aromatic N) is 8. The summed E-state index contributed by atoms with van der Waals surface area (Å²) in [5, 5.41) is 38.9. The molecular formula is C31H31N9O3. The van der Waals surface area contributed by atoms with Crippen molar-refractivity contribution in [2.75, 3.05) is 18.9 Å². The Morgan fingerprint density at radius 2 is 1.65 bits per heavy atom. The fraction of sp³-hybridized carbons (Fsp3) is 0.258. The molecule has 0 aliphatic heterocycles. The van der Waals surface area contributed by atoms with E-state index < -0.39 is 6.09 Å². The van der Waals surface area contributed by atoms with E-state index in [0.717, 1.165) is 51.4 Å². The summed E-state index contributed by atoms with van der Waals surface area (Å²) in [7, 11) is 1.60. The molecule has 218 valence electrons. The Bertz CT molecular complexity index is 1770. The molecule has 0 bridgehead atoms. The number of hydrogen-bond donors (Lipinski definition) is 2. The second-order valence-electron chi connectivity index (χ2n) is 10.2. The average Bonchev–Trinajstić information content (AvgIpc) is 3.43. The first kappa shape index (κ1) is 27.8. The van der Waals surface area contributed by atoms with Crippen molar-refractivity contribution in [2.45, 2.75) is 39.8 Å². The number of phenolic OH excluding ortho intramolecular Hbond substituents is 1. The lowest BCUT2D eigenvalue weighted by molar-refractivity contribution is 0.159. The van der Waals surface area contributed by atoms with E-state index in [1.165, 1.54) is 4.90 Å². The zero-order valence-corrected chi connectivity index (χ0v) is 24.2. The Balaban J connectivity index is 1.17. The number of hydrogen-bond acceptors (Lipinski definition) is 10. The van der Waals surface area contributed by atoms with Crippen LogP contribution >= 0.6 is 0 Å². The number of amides is 1. The number of carbonyl (C=O) groups is 1. The summed E-state index contributed by atoms with van der Waals surface area (Å²) in [5.41, 5.74) is 7.38. The number of carbonyl (C=O) groups excluding carboxylic acids is 1. The van der Waals surface area contributed by atoms with E-state index in [1.807, 2.05) is 61.0 Å². The minimum Gasteiger partial charge on any atom is -0.508 e. The predicted octanol–water partition coefficient (Wildman–Crippen LogP) is 4.75. The summed E-state index contributed by atoms with van der Waals surface area (Å²) in [6.45, 7) is 5.62. The van der Waals surface area contributed by atoms with Gasteiger partial charge in [0.05, 0.1) is 12.2 Å². The maximum Gasteiger partial charge on any atom is 0.415 e. The molecule has 2 N–H and O–H groups in total. The van der Waals surface area contributed by atoms with Crippen molar-refractivity contribution in [2.24, 2.45) is 0 Å². The van der Waals surface area contributed by atoms with Crippen molar-refractivity contribution in [1.82, 2.24) is 40.3 Å². The molecule has 12 heteroatoms. The highest BCUT2D eigenvalue weighted by molar-refractivity contribution is 5.83. The van der Waals surface area contributed by atoms with Crippen molar-refractivity contribution >= 4 is 11.8 Å². The Hall–Kier alpha value is -5.39. The lowest BCUT2D eigenvalue weighted by Gasteiger charge is -2.19. The Labute approximate surface area is 248 Å². The van der Waals surface area contributed by atoms with Gasteiger partial charge in [0.2, 0.25) is 5.82 Å². The first-order valence-corrected chi connectivity index (χ1v) is 14.2. The molecule has 0 atom stereocenters. The van der Waals surface area contributed by atoms with Gasteiger partial charge >= 0.3 is 6.09 Å². The third-order valence-corrected chi connectivity index (χ3v) is 7.31. The highest BCUT2D eigenvalue weighted by Crippen LogP contribution is 2.39. The average molecular weight is 578 g/mol. The SMILES string of the molecule is CCNc1ccc(-c2nnc(CN(C)C(=O)Oc3ccc4c(c3)CCc3cc(O)ccc3-c3c-4nnn3CC)nn2)cc1. The number of anilines is 1. The van der Waals surface area contributed by atoms with Crippen LogP contribution < -0.4 is 10.1 Å². The minimum absolute atomic E-state index is 0.0766. The van der Waals surface area contributed by atoms with Crippen molar-refractivity contribution in [1.29, 1.82) is 0 Å². The molecule has 1 amide bonds. The number of nitrogens with one attached hydrogen (secondary N) is 1. The van der Waals surface area contributed by atoms with E-state index in [2.05, 4.69) is 36.0 Å². The topological polar surface area (TPSA) is 144 Å². The van der Waals surface area contributed by atoms with Crippen LogP contribution in [0.25, 0.3) is 33.9 Å². The zero-order chi connectivity index (χ0) is 29.9. The fourth-order valence-electron chi connectivity index (χ4n) is 5.17. The van der Waals surface area contributed by atoms with Gasteiger partial charge in [-0.3, -0.25) is 0 Å². The Kier molecular flexibility index (Phi) is 7.65. The molecule has 0 saturated carbocycles. The minimum atomic E-state index is -0.564. The second kappa shape index (κ2) is 11.8. The number of aromatic nitrogens is 7. The monoisotopic (exact) mass is 577 g/mol. The Morgan fingerprint density at radius 3 is 2.37 bits per heavy atom. The lowest BCUT2D eigenvalue weighted by atomic mass is 9.89. The summed E-state index contributed by atoms with van der Waals surface area (Å²) in [6.07, 6.45) is 0.793. The zero-order valence-electron chi connectivity index (χ0n) is 24.2. The summed E-state index contributed by atoms with van der Waals surface area (Å²) in [6, 6.07) is 18.6. The normalized spacial score (nSPS) is 11.9. The molecule has 5 aromatic rings. The molecule has 0 unspecified atom stereocenters. The summed E-state index contributed by atoms with van der Waals surface area (Å²) >= 11 is 0. The van der Waals surface area contributed by atoms with Gasteiger partial charge in [-0.25, -0.2) is 9.48 Å². The second-order valence-corrected chi connectivity index (χ2v) is 10.2. The van der Waals surface area contributed by atoms with Crippen molar-refractivity contribution in [3.63, 3.8) is 0 Å². The molecule has 12 nitrogen and oxygen atoms in total. The van der Waals surface area contributed by atoms with Crippen molar-refractivity contribution < 1.29 is 14.6 Å². The van der Waals surface area contributed by atoms with Gasteiger partial charge in [-0.15, -0.1) is 25.5 Å². The van der Waals surface area contributed by atoms with E-state index in [0.29, 0.717) is 36.8 Å². The third-order valence-electron chi connectivity index (χ3n) is 7.31. The smallest absolute Gasteiger partial charge is 0.415 e. The standard InChI is InChI=1S/C31H31N9O3/c1-4-32-22-10-8-19(9-11-22)30-36-33-27(34-37-30)18-39(3)31(42)43-24-13-15-25-21(17-24)7-6-20-16-23(41)12-14-26(20)29-28(25)35-38-40(29)5-2/h8-17,32,41H,4-7,18H2,1-3H3. The highest BCUT2D eigenvalue weighted by Gasteiger charge is 2.24. The van der Waals surface area contributed by atoms with Crippen LogP contribution in [0.15, 0.2) is 60.7 Å². The number of ether oxygens (including phenoxy) is 1. The first-order valence-electron chi connectivity index (χ1n) is 14.2. The molecule has 2 heterocycles. The van der Waals surface area contributed by atoms with Crippen LogP contribution in [-0.2, 0) is 25.9 Å². The molecule has 0 radical (unpaired) electrons. The summed E-state index contributed by atoms with van der Waals surface area (Å²) in [5.74, 6) is 1.31. The van der Waals surface area contributed by atoms with Gasteiger partial charge in [0.25, 0.3) is 0 Å². The Morgan fingerprint density at radius 1 is 0.930 bits per heavy atom. The van der Waals surface area contributed by atoms with Crippen LogP contribution in [0.1, 0.15) is 30.8 Å². The number of rotatable bonds is 7. The quantitative estimate of drug-likeness (QED) is 0.278. The van der Waals surface area contributed by atoms with Gasteiger partial charge in [-0.05, 0) is 98.5 Å². The lowest BCUT2D eigenvalue weighted by Crippen LogP contribution is -2.30. The van der Waals surface area contributed by atoms with E-state index >= 15 is 0 Å². The third kappa shape index (κ3) is 5.71. The van der Waals surface area contributed by atoms with Gasteiger partial charge in [0.1, 0.15) is 17.2 Å². The van der Waals surface area contributed by atoms with Crippen LogP contribution in [0.4, 0.5) is 10.5 Å². The highest BCUT2D eigenvalue weighted by atomic mass is 16.6. The maximum atomic E-state index is 13.0. The molecule has 1 aliphatic rings. The fourth-order valence-corrected chi connectivity index (χ4v) is 5.17. The van der Waals surface area contributed by atoms with Crippen LogP contribution in [0.3, 0.4) is 0 Å². The molecular weight excluding hydrogens is 546 g/mol. The van der Waals surface area contributed by atoms with Gasteiger partial charge < -0.3 is 20.1 Å². The van der Waals surface area contributed by atoms with Gasteiger partial charge in [-0.1, -0.05) is 5.21 Å². The first-order chi connectivity index (χ1) is 20.9. The number of aromatic hydroxyl groups is 1. The number of fused-ring (bicyclic) bond motifs is 5. The van der Waals surface area contributed by atoms with Gasteiger partial charge in [0.15, 0.2) is 5.82 Å². The van der Waals surface area contributed by atoms with Crippen LogP contribution in [0.5, 0.6) is 11.5 Å². The molecule has 3 aromatic carbocycles. The molecule has 2 aromatic heterocycles. The molecule has 43 heavy (non-hydrogen) atoms. The van der Waals surface area contributed by atoms with E-state index in [9.17, 15) is 9.90 Å². The molecule has 0 spiro atoms. The molecule has 6 rings (SSSR count). The van der Waals surface area contributed by atoms with Crippen LogP contribution in [0, 0.1) is 0 Å². The van der Waals surface area contributed by atoms with E-state index in [1.54, 1.807) is 25.2 Å². The van der Waals surface area contributed by atoms with E-state index in [-0.39, 0.29) is 12.3 Å². The van der Waals surface area contributed by atoms with Gasteiger partial charge in [0, 0.05) is 42.5 Å². The summed E-state index contributed by atoms with van der Waals surface area (Å²) in [4.78, 5) is 14.3. The maximum absolute atomic E-state index is 13.0.